The summed E-state index contributed by atoms with van der Waals surface area (Å²) < 4.78 is 15.8. The Bertz CT molecular complexity index is 703. The van der Waals surface area contributed by atoms with Crippen LogP contribution in [0.5, 0.6) is 0 Å². The van der Waals surface area contributed by atoms with E-state index in [1.165, 1.54) is 6.07 Å². The number of halogens is 1. The number of hydrogen-bond acceptors (Lipinski definition) is 1. The van der Waals surface area contributed by atoms with E-state index in [1.54, 1.807) is 18.2 Å². The van der Waals surface area contributed by atoms with Crippen LogP contribution in [0.4, 0.5) is 4.39 Å². The van der Waals surface area contributed by atoms with E-state index in [9.17, 15) is 9.50 Å². The summed E-state index contributed by atoms with van der Waals surface area (Å²) in [5.74, 6) is -0.281. The summed E-state index contributed by atoms with van der Waals surface area (Å²) in [6, 6.07) is 14.2. The summed E-state index contributed by atoms with van der Waals surface area (Å²) in [5.41, 5.74) is 2.89. The number of aromatic nitrogens is 1. The minimum Gasteiger partial charge on any atom is -0.392 e. The van der Waals surface area contributed by atoms with Gasteiger partial charge in [0.1, 0.15) is 5.82 Å². The van der Waals surface area contributed by atoms with Crippen LogP contribution >= 0.6 is 0 Å². The van der Waals surface area contributed by atoms with Gasteiger partial charge < -0.3 is 9.51 Å². The number of aliphatic hydroxyl groups excluding tert-OH is 1. The van der Waals surface area contributed by atoms with E-state index in [0.29, 0.717) is 11.3 Å². The zero-order valence-corrected chi connectivity index (χ0v) is 9.68. The van der Waals surface area contributed by atoms with Gasteiger partial charge in [-0.2, -0.15) is 0 Å². The maximum Gasteiger partial charge on any atom is 0.132 e. The molecule has 0 spiro atoms. The molecule has 0 saturated carbocycles. The van der Waals surface area contributed by atoms with E-state index in [1.807, 2.05) is 34.9 Å². The van der Waals surface area contributed by atoms with Gasteiger partial charge in [-0.05, 0) is 30.3 Å². The Balaban J connectivity index is 2.37. The lowest BCUT2D eigenvalue weighted by Crippen LogP contribution is -1.93. The minimum atomic E-state index is -0.281. The lowest BCUT2D eigenvalue weighted by molar-refractivity contribution is 0.282. The van der Waals surface area contributed by atoms with Crippen molar-refractivity contribution in [1.82, 2.24) is 4.40 Å². The van der Waals surface area contributed by atoms with Gasteiger partial charge >= 0.3 is 0 Å². The second kappa shape index (κ2) is 4.27. The normalized spacial score (nSPS) is 11.0. The summed E-state index contributed by atoms with van der Waals surface area (Å²) in [4.78, 5) is 0. The van der Waals surface area contributed by atoms with Gasteiger partial charge in [-0.3, -0.25) is 0 Å². The highest BCUT2D eigenvalue weighted by Crippen LogP contribution is 2.29. The molecule has 18 heavy (non-hydrogen) atoms. The first-order valence-corrected chi connectivity index (χ1v) is 5.76. The molecule has 0 aliphatic heterocycles. The molecule has 2 heterocycles. The van der Waals surface area contributed by atoms with E-state index in [-0.39, 0.29) is 12.4 Å². The first-order valence-electron chi connectivity index (χ1n) is 5.76. The molecular formula is C15H12FNO. The predicted molar refractivity (Wildman–Crippen MR) is 68.7 cm³/mol. The summed E-state index contributed by atoms with van der Waals surface area (Å²) >= 11 is 0. The van der Waals surface area contributed by atoms with E-state index >= 15 is 0 Å². The molecule has 0 fully saturated rings. The fraction of sp³-hybridized carbons (Fsp3) is 0.0667. The van der Waals surface area contributed by atoms with Crippen molar-refractivity contribution in [2.75, 3.05) is 0 Å². The van der Waals surface area contributed by atoms with Crippen LogP contribution in [0.15, 0.2) is 54.7 Å². The Morgan fingerprint density at radius 3 is 2.61 bits per heavy atom. The van der Waals surface area contributed by atoms with Crippen LogP contribution in [0.25, 0.3) is 16.8 Å². The topological polar surface area (TPSA) is 24.6 Å². The Morgan fingerprint density at radius 1 is 1.06 bits per heavy atom. The number of rotatable bonds is 2. The van der Waals surface area contributed by atoms with Gasteiger partial charge in [0.25, 0.3) is 0 Å². The standard InChI is InChI=1S/C15H12FNO/c16-14-7-2-1-6-13(14)15-11(10-18)9-12-5-3-4-8-17(12)15/h1-9,18H,10H2. The van der Waals surface area contributed by atoms with Gasteiger partial charge in [-0.1, -0.05) is 18.2 Å². The second-order valence-electron chi connectivity index (χ2n) is 4.15. The van der Waals surface area contributed by atoms with Crippen molar-refractivity contribution in [3.63, 3.8) is 0 Å². The molecular weight excluding hydrogens is 229 g/mol. The van der Waals surface area contributed by atoms with Crippen LogP contribution in [-0.2, 0) is 6.61 Å². The summed E-state index contributed by atoms with van der Waals surface area (Å²) in [7, 11) is 0. The van der Waals surface area contributed by atoms with Gasteiger partial charge in [-0.15, -0.1) is 0 Å². The molecule has 3 rings (SSSR count). The maximum atomic E-state index is 13.9. The molecule has 0 bridgehead atoms. The molecule has 1 N–H and O–H groups in total. The number of hydrogen-bond donors (Lipinski definition) is 1. The van der Waals surface area contributed by atoms with Crippen LogP contribution in [0.1, 0.15) is 5.56 Å². The Kier molecular flexibility index (Phi) is 2.61. The number of benzene rings is 1. The van der Waals surface area contributed by atoms with Crippen LogP contribution in [-0.4, -0.2) is 9.51 Å². The third-order valence-corrected chi connectivity index (χ3v) is 3.06. The predicted octanol–water partition coefficient (Wildman–Crippen LogP) is 3.24. The van der Waals surface area contributed by atoms with Crippen LogP contribution in [0.3, 0.4) is 0 Å². The van der Waals surface area contributed by atoms with Crippen LogP contribution in [0.2, 0.25) is 0 Å². The minimum absolute atomic E-state index is 0.106. The fourth-order valence-electron chi connectivity index (χ4n) is 2.26. The average molecular weight is 241 g/mol. The van der Waals surface area contributed by atoms with E-state index in [4.69, 9.17) is 0 Å². The first-order chi connectivity index (χ1) is 8.81. The molecule has 90 valence electrons. The summed E-state index contributed by atoms with van der Waals surface area (Å²) in [6.07, 6.45) is 1.87. The Labute approximate surface area is 104 Å². The summed E-state index contributed by atoms with van der Waals surface area (Å²) in [6.45, 7) is -0.106. The smallest absolute Gasteiger partial charge is 0.132 e. The average Bonchev–Trinajstić information content (AvgIpc) is 2.78. The molecule has 0 atom stereocenters. The highest BCUT2D eigenvalue weighted by atomic mass is 19.1. The quantitative estimate of drug-likeness (QED) is 0.732. The number of pyridine rings is 1. The Morgan fingerprint density at radius 2 is 1.83 bits per heavy atom. The SMILES string of the molecule is OCc1cc2ccccn2c1-c1ccccc1F. The maximum absolute atomic E-state index is 13.9. The second-order valence-corrected chi connectivity index (χ2v) is 4.15. The lowest BCUT2D eigenvalue weighted by atomic mass is 10.1. The number of fused-ring (bicyclic) bond motifs is 1. The number of aliphatic hydroxyl groups is 1. The highest BCUT2D eigenvalue weighted by Gasteiger charge is 2.14. The summed E-state index contributed by atoms with van der Waals surface area (Å²) in [5, 5.41) is 9.44. The van der Waals surface area contributed by atoms with Gasteiger partial charge in [0, 0.05) is 22.8 Å². The molecule has 3 aromatic rings. The monoisotopic (exact) mass is 241 g/mol. The van der Waals surface area contributed by atoms with Crippen molar-refractivity contribution in [1.29, 1.82) is 0 Å². The molecule has 0 amide bonds. The molecule has 0 aliphatic carbocycles. The largest absolute Gasteiger partial charge is 0.392 e. The molecule has 2 nitrogen and oxygen atoms in total. The fourth-order valence-corrected chi connectivity index (χ4v) is 2.26. The van der Waals surface area contributed by atoms with Crippen molar-refractivity contribution in [2.24, 2.45) is 0 Å². The molecule has 0 aliphatic rings. The first kappa shape index (κ1) is 11.0. The zero-order valence-electron chi connectivity index (χ0n) is 9.68. The molecule has 0 radical (unpaired) electrons. The molecule has 1 aromatic carbocycles. The van der Waals surface area contributed by atoms with Crippen LogP contribution < -0.4 is 0 Å². The number of nitrogens with zero attached hydrogens (tertiary/aromatic N) is 1. The third-order valence-electron chi connectivity index (χ3n) is 3.06. The van der Waals surface area contributed by atoms with Crippen molar-refractivity contribution < 1.29 is 9.50 Å². The van der Waals surface area contributed by atoms with Crippen molar-refractivity contribution in [3.8, 4) is 11.3 Å². The molecule has 0 saturated heterocycles. The van der Waals surface area contributed by atoms with E-state index in [0.717, 1.165) is 11.1 Å². The van der Waals surface area contributed by atoms with Crippen molar-refractivity contribution in [2.45, 2.75) is 6.61 Å². The Hall–Kier alpha value is -2.13. The van der Waals surface area contributed by atoms with Gasteiger partial charge in [0.05, 0.1) is 12.3 Å². The van der Waals surface area contributed by atoms with E-state index < -0.39 is 0 Å². The third kappa shape index (κ3) is 1.60. The van der Waals surface area contributed by atoms with Crippen molar-refractivity contribution in [3.05, 3.63) is 66.1 Å². The van der Waals surface area contributed by atoms with E-state index in [2.05, 4.69) is 0 Å². The highest BCUT2D eigenvalue weighted by molar-refractivity contribution is 5.72. The molecule has 2 aromatic heterocycles. The zero-order chi connectivity index (χ0) is 12.5. The molecule has 0 unspecified atom stereocenters. The van der Waals surface area contributed by atoms with Crippen molar-refractivity contribution >= 4 is 5.52 Å². The van der Waals surface area contributed by atoms with Crippen LogP contribution in [0, 0.1) is 5.82 Å². The van der Waals surface area contributed by atoms with Gasteiger partial charge in [0.15, 0.2) is 0 Å². The van der Waals surface area contributed by atoms with Gasteiger partial charge in [-0.25, -0.2) is 4.39 Å². The molecule has 3 heteroatoms. The van der Waals surface area contributed by atoms with Gasteiger partial charge in [0.2, 0.25) is 0 Å². The lowest BCUT2D eigenvalue weighted by Gasteiger charge is -2.06.